The fourth-order valence-corrected chi connectivity index (χ4v) is 6.03. The van der Waals surface area contributed by atoms with E-state index in [2.05, 4.69) is 0 Å². The van der Waals surface area contributed by atoms with Crippen LogP contribution in [0, 0.1) is 0 Å². The maximum atomic E-state index is 13.0. The Morgan fingerprint density at radius 3 is 2.46 bits per heavy atom. The second-order valence-electron chi connectivity index (χ2n) is 6.49. The summed E-state index contributed by atoms with van der Waals surface area (Å²) in [6, 6.07) is 3.70. The van der Waals surface area contributed by atoms with Gasteiger partial charge in [-0.2, -0.15) is 0 Å². The highest BCUT2D eigenvalue weighted by atomic mass is 35.5. The quantitative estimate of drug-likeness (QED) is 0.694. The van der Waals surface area contributed by atoms with Crippen LogP contribution in [0.3, 0.4) is 0 Å². The molecule has 1 amide bonds. The first-order valence-corrected chi connectivity index (χ1v) is 11.9. The van der Waals surface area contributed by atoms with Gasteiger partial charge in [-0.3, -0.25) is 4.79 Å². The van der Waals surface area contributed by atoms with Crippen LogP contribution < -0.4 is 0 Å². The van der Waals surface area contributed by atoms with E-state index in [9.17, 15) is 21.6 Å². The van der Waals surface area contributed by atoms with Crippen LogP contribution >= 0.6 is 11.6 Å². The van der Waals surface area contributed by atoms with Gasteiger partial charge < -0.3 is 4.90 Å². The summed E-state index contributed by atoms with van der Waals surface area (Å²) in [5.41, 5.74) is 0.174. The molecular formula is C16H23ClN2O5S2. The summed E-state index contributed by atoms with van der Waals surface area (Å²) in [5.74, 6) is -0.387. The second kappa shape index (κ2) is 7.84. The van der Waals surface area contributed by atoms with Crippen molar-refractivity contribution in [3.63, 3.8) is 0 Å². The van der Waals surface area contributed by atoms with E-state index in [1.54, 1.807) is 0 Å². The van der Waals surface area contributed by atoms with Crippen molar-refractivity contribution >= 4 is 37.4 Å². The minimum absolute atomic E-state index is 0.0285. The molecule has 1 heterocycles. The summed E-state index contributed by atoms with van der Waals surface area (Å²) in [6.45, 7) is 2.30. The number of hydrogen-bond acceptors (Lipinski definition) is 5. The van der Waals surface area contributed by atoms with Crippen LogP contribution in [0.5, 0.6) is 0 Å². The van der Waals surface area contributed by atoms with E-state index in [0.29, 0.717) is 19.4 Å². The molecule has 0 spiro atoms. The Hall–Kier alpha value is -1.16. The third kappa shape index (κ3) is 4.39. The van der Waals surface area contributed by atoms with Crippen LogP contribution in [0.15, 0.2) is 23.1 Å². The third-order valence-electron chi connectivity index (χ3n) is 4.31. The number of rotatable bonds is 6. The van der Waals surface area contributed by atoms with Crippen LogP contribution in [0.4, 0.5) is 0 Å². The van der Waals surface area contributed by atoms with Crippen molar-refractivity contribution < 1.29 is 21.6 Å². The van der Waals surface area contributed by atoms with Gasteiger partial charge in [-0.05, 0) is 31.0 Å². The Morgan fingerprint density at radius 1 is 1.31 bits per heavy atom. The summed E-state index contributed by atoms with van der Waals surface area (Å²) in [6.07, 6.45) is 1.06. The molecule has 1 unspecified atom stereocenters. The van der Waals surface area contributed by atoms with Gasteiger partial charge in [0.15, 0.2) is 9.84 Å². The molecule has 1 aromatic rings. The normalized spacial score (nSPS) is 19.7. The molecule has 146 valence electrons. The molecule has 10 heteroatoms. The highest BCUT2D eigenvalue weighted by Crippen LogP contribution is 2.27. The maximum Gasteiger partial charge on any atom is 0.254 e. The lowest BCUT2D eigenvalue weighted by Crippen LogP contribution is -2.41. The summed E-state index contributed by atoms with van der Waals surface area (Å²) >= 11 is 6.02. The van der Waals surface area contributed by atoms with Crippen molar-refractivity contribution in [2.24, 2.45) is 0 Å². The third-order valence-corrected chi connectivity index (χ3v) is 8.36. The number of carbonyl (C=O) groups excluding carboxylic acids is 1. The molecule has 0 aliphatic carbocycles. The van der Waals surface area contributed by atoms with Crippen molar-refractivity contribution in [2.75, 3.05) is 32.1 Å². The van der Waals surface area contributed by atoms with Gasteiger partial charge in [0, 0.05) is 32.2 Å². The summed E-state index contributed by atoms with van der Waals surface area (Å²) in [4.78, 5) is 14.4. The number of carbonyl (C=O) groups is 1. The van der Waals surface area contributed by atoms with Gasteiger partial charge in [-0.1, -0.05) is 18.5 Å². The standard InChI is InChI=1S/C16H23ClN2O5S2/c1-4-8-19(13-7-9-25(21,22)11-13)16(20)12-5-6-14(17)15(10-12)26(23,24)18(2)3/h5-6,10,13H,4,7-9,11H2,1-3H3. The van der Waals surface area contributed by atoms with E-state index in [0.717, 1.165) is 4.31 Å². The molecule has 26 heavy (non-hydrogen) atoms. The molecule has 1 atom stereocenters. The fraction of sp³-hybridized carbons (Fsp3) is 0.562. The molecule has 0 aromatic heterocycles. The average molecular weight is 423 g/mol. The van der Waals surface area contributed by atoms with Crippen molar-refractivity contribution in [3.05, 3.63) is 28.8 Å². The largest absolute Gasteiger partial charge is 0.335 e. The molecule has 1 aliphatic heterocycles. The molecular weight excluding hydrogens is 400 g/mol. The molecule has 1 fully saturated rings. The monoisotopic (exact) mass is 422 g/mol. The predicted octanol–water partition coefficient (Wildman–Crippen LogP) is 1.63. The number of halogens is 1. The van der Waals surface area contributed by atoms with Crippen molar-refractivity contribution in [1.82, 2.24) is 9.21 Å². The van der Waals surface area contributed by atoms with Gasteiger partial charge in [0.05, 0.1) is 16.5 Å². The SMILES string of the molecule is CCCN(C(=O)c1ccc(Cl)c(S(=O)(=O)N(C)C)c1)C1CCS(=O)(=O)C1. The molecule has 0 radical (unpaired) electrons. The first-order chi connectivity index (χ1) is 12.0. The fourth-order valence-electron chi connectivity index (χ4n) is 2.91. The lowest BCUT2D eigenvalue weighted by atomic mass is 10.1. The molecule has 0 bridgehead atoms. The highest BCUT2D eigenvalue weighted by Gasteiger charge is 2.35. The van der Waals surface area contributed by atoms with E-state index >= 15 is 0 Å². The van der Waals surface area contributed by atoms with Gasteiger partial charge in [0.2, 0.25) is 10.0 Å². The van der Waals surface area contributed by atoms with Crippen LogP contribution in [0.25, 0.3) is 0 Å². The Morgan fingerprint density at radius 2 is 1.96 bits per heavy atom. The Labute approximate surface area is 159 Å². The molecule has 1 aliphatic rings. The van der Waals surface area contributed by atoms with Crippen LogP contribution in [-0.2, 0) is 19.9 Å². The summed E-state index contributed by atoms with van der Waals surface area (Å²) < 4.78 is 49.4. The lowest BCUT2D eigenvalue weighted by Gasteiger charge is -2.28. The van der Waals surface area contributed by atoms with E-state index < -0.39 is 25.9 Å². The lowest BCUT2D eigenvalue weighted by molar-refractivity contribution is 0.0697. The van der Waals surface area contributed by atoms with Crippen LogP contribution in [0.2, 0.25) is 5.02 Å². The zero-order valence-electron chi connectivity index (χ0n) is 15.0. The number of benzene rings is 1. The number of nitrogens with zero attached hydrogens (tertiary/aromatic N) is 2. The topological polar surface area (TPSA) is 91.8 Å². The smallest absolute Gasteiger partial charge is 0.254 e. The van der Waals surface area contributed by atoms with E-state index in [4.69, 9.17) is 11.6 Å². The van der Waals surface area contributed by atoms with Crippen LogP contribution in [0.1, 0.15) is 30.1 Å². The minimum Gasteiger partial charge on any atom is -0.335 e. The van der Waals surface area contributed by atoms with E-state index in [-0.39, 0.29) is 32.9 Å². The number of sulfone groups is 1. The first-order valence-electron chi connectivity index (χ1n) is 8.23. The molecule has 7 nitrogen and oxygen atoms in total. The highest BCUT2D eigenvalue weighted by molar-refractivity contribution is 7.91. The van der Waals surface area contributed by atoms with Gasteiger partial charge in [0.25, 0.3) is 5.91 Å². The second-order valence-corrected chi connectivity index (χ2v) is 11.2. The van der Waals surface area contributed by atoms with Crippen molar-refractivity contribution in [2.45, 2.75) is 30.7 Å². The predicted molar refractivity (Wildman–Crippen MR) is 101 cm³/mol. The molecule has 0 saturated carbocycles. The minimum atomic E-state index is -3.80. The average Bonchev–Trinajstić information content (AvgIpc) is 2.91. The molecule has 1 saturated heterocycles. The zero-order chi connectivity index (χ0) is 19.7. The van der Waals surface area contributed by atoms with Gasteiger partial charge >= 0.3 is 0 Å². The van der Waals surface area contributed by atoms with Crippen molar-refractivity contribution in [1.29, 1.82) is 0 Å². The molecule has 2 rings (SSSR count). The van der Waals surface area contributed by atoms with Gasteiger partial charge in [-0.15, -0.1) is 0 Å². The van der Waals surface area contributed by atoms with Crippen molar-refractivity contribution in [3.8, 4) is 0 Å². The molecule has 0 N–H and O–H groups in total. The Kier molecular flexibility index (Phi) is 6.37. The zero-order valence-corrected chi connectivity index (χ0v) is 17.4. The number of sulfonamides is 1. The molecule has 1 aromatic carbocycles. The van der Waals surface area contributed by atoms with E-state index in [1.807, 2.05) is 6.92 Å². The Balaban J connectivity index is 2.41. The van der Waals surface area contributed by atoms with Gasteiger partial charge in [-0.25, -0.2) is 21.1 Å². The summed E-state index contributed by atoms with van der Waals surface area (Å²) in [7, 11) is -4.18. The first kappa shape index (κ1) is 21.1. The number of hydrogen-bond donors (Lipinski definition) is 0. The Bertz CT molecular complexity index is 897. The van der Waals surface area contributed by atoms with Crippen LogP contribution in [-0.4, -0.2) is 70.1 Å². The summed E-state index contributed by atoms with van der Waals surface area (Å²) in [5, 5.41) is 0.0285. The number of amides is 1. The maximum absolute atomic E-state index is 13.0. The van der Waals surface area contributed by atoms with E-state index in [1.165, 1.54) is 37.2 Å². The van der Waals surface area contributed by atoms with Gasteiger partial charge in [0.1, 0.15) is 4.90 Å².